The molecule has 0 saturated heterocycles. The van der Waals surface area contributed by atoms with Crippen LogP contribution in [0.15, 0.2) is 48.8 Å². The molecule has 0 spiro atoms. The largest absolute Gasteiger partial charge is 0.469 e. The summed E-state index contributed by atoms with van der Waals surface area (Å²) in [6.45, 7) is 1.94. The number of nitrogens with zero attached hydrogens (tertiary/aromatic N) is 2. The first-order valence-electron chi connectivity index (χ1n) is 7.53. The predicted molar refractivity (Wildman–Crippen MR) is 86.3 cm³/mol. The number of para-hydroxylation sites is 1. The molecule has 2 heterocycles. The van der Waals surface area contributed by atoms with Crippen molar-refractivity contribution < 1.29 is 14.3 Å². The van der Waals surface area contributed by atoms with E-state index in [2.05, 4.69) is 4.98 Å². The van der Waals surface area contributed by atoms with Gasteiger partial charge in [0.1, 0.15) is 0 Å². The van der Waals surface area contributed by atoms with Crippen LogP contribution in [0, 0.1) is 0 Å². The van der Waals surface area contributed by atoms with Gasteiger partial charge in [0, 0.05) is 24.1 Å². The number of hydrogen-bond donors (Lipinski definition) is 0. The van der Waals surface area contributed by atoms with Crippen molar-refractivity contribution in [2.24, 2.45) is 0 Å². The number of methoxy groups -OCH3 is 1. The number of ether oxygens (including phenoxy) is 1. The lowest BCUT2D eigenvalue weighted by Crippen LogP contribution is -2.44. The SMILES string of the molecule is COC(=O)C1CC(C)N(C(=O)c2cccnc2)c2ccccc21. The van der Waals surface area contributed by atoms with E-state index in [0.717, 1.165) is 11.3 Å². The maximum absolute atomic E-state index is 12.9. The van der Waals surface area contributed by atoms with E-state index in [1.54, 1.807) is 29.4 Å². The summed E-state index contributed by atoms with van der Waals surface area (Å²) in [6.07, 6.45) is 3.73. The number of aromatic nitrogens is 1. The van der Waals surface area contributed by atoms with Crippen molar-refractivity contribution in [1.29, 1.82) is 0 Å². The topological polar surface area (TPSA) is 59.5 Å². The van der Waals surface area contributed by atoms with Gasteiger partial charge in [-0.1, -0.05) is 18.2 Å². The minimum Gasteiger partial charge on any atom is -0.469 e. The molecule has 1 amide bonds. The highest BCUT2D eigenvalue weighted by atomic mass is 16.5. The van der Waals surface area contributed by atoms with E-state index in [1.165, 1.54) is 7.11 Å². The number of anilines is 1. The van der Waals surface area contributed by atoms with Crippen LogP contribution in [0.5, 0.6) is 0 Å². The Morgan fingerprint density at radius 3 is 2.70 bits per heavy atom. The highest BCUT2D eigenvalue weighted by molar-refractivity contribution is 6.07. The second-order valence-electron chi connectivity index (χ2n) is 5.64. The highest BCUT2D eigenvalue weighted by Crippen LogP contribution is 2.39. The summed E-state index contributed by atoms with van der Waals surface area (Å²) in [7, 11) is 1.39. The Morgan fingerprint density at radius 2 is 2.00 bits per heavy atom. The molecule has 0 radical (unpaired) electrons. The molecule has 2 aromatic rings. The molecule has 1 aromatic heterocycles. The highest BCUT2D eigenvalue weighted by Gasteiger charge is 2.37. The molecular formula is C18H18N2O3. The van der Waals surface area contributed by atoms with E-state index in [1.807, 2.05) is 31.2 Å². The number of hydrogen-bond acceptors (Lipinski definition) is 4. The lowest BCUT2D eigenvalue weighted by molar-refractivity contribution is -0.142. The Kier molecular flexibility index (Phi) is 4.10. The van der Waals surface area contributed by atoms with Gasteiger partial charge in [-0.25, -0.2) is 0 Å². The summed E-state index contributed by atoms with van der Waals surface area (Å²) in [4.78, 5) is 30.7. The van der Waals surface area contributed by atoms with Gasteiger partial charge in [-0.3, -0.25) is 14.6 Å². The molecule has 0 aliphatic carbocycles. The Labute approximate surface area is 134 Å². The maximum atomic E-state index is 12.9. The molecule has 5 nitrogen and oxygen atoms in total. The van der Waals surface area contributed by atoms with Crippen molar-refractivity contribution in [2.45, 2.75) is 25.3 Å². The molecule has 1 aromatic carbocycles. The average molecular weight is 310 g/mol. The molecule has 23 heavy (non-hydrogen) atoms. The fourth-order valence-corrected chi connectivity index (χ4v) is 3.12. The van der Waals surface area contributed by atoms with E-state index in [4.69, 9.17) is 4.74 Å². The minimum atomic E-state index is -0.343. The first-order valence-corrected chi connectivity index (χ1v) is 7.53. The second-order valence-corrected chi connectivity index (χ2v) is 5.64. The second kappa shape index (κ2) is 6.20. The fraction of sp³-hybridized carbons (Fsp3) is 0.278. The van der Waals surface area contributed by atoms with Crippen molar-refractivity contribution in [3.8, 4) is 0 Å². The zero-order valence-corrected chi connectivity index (χ0v) is 13.1. The van der Waals surface area contributed by atoms with Crippen LogP contribution in [-0.2, 0) is 9.53 Å². The van der Waals surface area contributed by atoms with Crippen LogP contribution >= 0.6 is 0 Å². The third-order valence-electron chi connectivity index (χ3n) is 4.20. The molecule has 0 N–H and O–H groups in total. The van der Waals surface area contributed by atoms with Crippen molar-refractivity contribution in [2.75, 3.05) is 12.0 Å². The zero-order chi connectivity index (χ0) is 16.4. The van der Waals surface area contributed by atoms with Crippen LogP contribution in [-0.4, -0.2) is 30.0 Å². The number of benzene rings is 1. The zero-order valence-electron chi connectivity index (χ0n) is 13.1. The number of fused-ring (bicyclic) bond motifs is 1. The van der Waals surface area contributed by atoms with Crippen LogP contribution in [0.25, 0.3) is 0 Å². The molecule has 3 rings (SSSR count). The first kappa shape index (κ1) is 15.2. The monoisotopic (exact) mass is 310 g/mol. The summed E-state index contributed by atoms with van der Waals surface area (Å²) in [5.41, 5.74) is 2.12. The minimum absolute atomic E-state index is 0.110. The smallest absolute Gasteiger partial charge is 0.313 e. The molecule has 118 valence electrons. The lowest BCUT2D eigenvalue weighted by atomic mass is 9.85. The van der Waals surface area contributed by atoms with Crippen molar-refractivity contribution in [3.63, 3.8) is 0 Å². The number of amides is 1. The molecule has 5 heteroatoms. The third-order valence-corrected chi connectivity index (χ3v) is 4.20. The van der Waals surface area contributed by atoms with E-state index >= 15 is 0 Å². The standard InChI is InChI=1S/C18H18N2O3/c1-12-10-15(18(22)23-2)14-7-3-4-8-16(14)20(12)17(21)13-6-5-9-19-11-13/h3-9,11-12,15H,10H2,1-2H3. The number of pyridine rings is 1. The summed E-state index contributed by atoms with van der Waals surface area (Å²) >= 11 is 0. The van der Waals surface area contributed by atoms with Crippen LogP contribution < -0.4 is 4.90 Å². The predicted octanol–water partition coefficient (Wildman–Crippen LogP) is 2.78. The molecule has 2 unspecified atom stereocenters. The number of carbonyl (C=O) groups excluding carboxylic acids is 2. The van der Waals surface area contributed by atoms with E-state index in [9.17, 15) is 9.59 Å². The Balaban J connectivity index is 2.05. The van der Waals surface area contributed by atoms with Crippen LogP contribution in [0.3, 0.4) is 0 Å². The van der Waals surface area contributed by atoms with Gasteiger partial charge in [-0.05, 0) is 37.1 Å². The summed E-state index contributed by atoms with van der Waals surface area (Å²) in [5, 5.41) is 0. The van der Waals surface area contributed by atoms with Gasteiger partial charge in [0.05, 0.1) is 18.6 Å². The molecule has 2 atom stereocenters. The lowest BCUT2D eigenvalue weighted by Gasteiger charge is -2.38. The molecule has 1 aliphatic heterocycles. The first-order chi connectivity index (χ1) is 11.1. The summed E-state index contributed by atoms with van der Waals surface area (Å²) < 4.78 is 4.92. The average Bonchev–Trinajstić information content (AvgIpc) is 2.60. The van der Waals surface area contributed by atoms with E-state index < -0.39 is 0 Å². The fourth-order valence-electron chi connectivity index (χ4n) is 3.12. The van der Waals surface area contributed by atoms with Gasteiger partial charge < -0.3 is 9.64 Å². The van der Waals surface area contributed by atoms with Gasteiger partial charge in [0.2, 0.25) is 0 Å². The van der Waals surface area contributed by atoms with Crippen LogP contribution in [0.1, 0.15) is 35.2 Å². The number of carbonyl (C=O) groups is 2. The number of esters is 1. The number of rotatable bonds is 2. The summed E-state index contributed by atoms with van der Waals surface area (Å²) in [6, 6.07) is 10.9. The maximum Gasteiger partial charge on any atom is 0.313 e. The van der Waals surface area contributed by atoms with Crippen molar-refractivity contribution in [1.82, 2.24) is 4.98 Å². The van der Waals surface area contributed by atoms with Crippen LogP contribution in [0.2, 0.25) is 0 Å². The normalized spacial score (nSPS) is 19.8. The Morgan fingerprint density at radius 1 is 1.22 bits per heavy atom. The summed E-state index contributed by atoms with van der Waals surface area (Å²) in [5.74, 6) is -0.719. The Hall–Kier alpha value is -2.69. The van der Waals surface area contributed by atoms with Crippen LogP contribution in [0.4, 0.5) is 5.69 Å². The van der Waals surface area contributed by atoms with Gasteiger partial charge in [-0.15, -0.1) is 0 Å². The molecule has 0 bridgehead atoms. The quantitative estimate of drug-likeness (QED) is 0.800. The van der Waals surface area contributed by atoms with Gasteiger partial charge in [0.15, 0.2) is 0 Å². The van der Waals surface area contributed by atoms with Gasteiger partial charge in [0.25, 0.3) is 5.91 Å². The third kappa shape index (κ3) is 2.70. The van der Waals surface area contributed by atoms with E-state index in [-0.39, 0.29) is 23.8 Å². The molecule has 1 aliphatic rings. The van der Waals surface area contributed by atoms with Gasteiger partial charge >= 0.3 is 5.97 Å². The van der Waals surface area contributed by atoms with Crippen molar-refractivity contribution >= 4 is 17.6 Å². The molecule has 0 saturated carbocycles. The Bertz CT molecular complexity index is 730. The molecule has 0 fully saturated rings. The van der Waals surface area contributed by atoms with E-state index in [0.29, 0.717) is 12.0 Å². The molecular weight excluding hydrogens is 292 g/mol. The van der Waals surface area contributed by atoms with Gasteiger partial charge in [-0.2, -0.15) is 0 Å². The van der Waals surface area contributed by atoms with Crippen molar-refractivity contribution in [3.05, 3.63) is 59.9 Å².